The molecule has 1 heterocycles. The summed E-state index contributed by atoms with van der Waals surface area (Å²) in [7, 11) is 1.69. The van der Waals surface area contributed by atoms with Gasteiger partial charge in [-0.1, -0.05) is 17.7 Å². The SMILES string of the molecule is Cc1cccc(C(=O)N(C)c2cc(N)ccn2)c1. The first-order valence-electron chi connectivity index (χ1n) is 5.64. The summed E-state index contributed by atoms with van der Waals surface area (Å²) >= 11 is 0. The van der Waals surface area contributed by atoms with Gasteiger partial charge in [-0.05, 0) is 25.1 Å². The fourth-order valence-corrected chi connectivity index (χ4v) is 1.69. The van der Waals surface area contributed by atoms with E-state index in [-0.39, 0.29) is 5.91 Å². The molecule has 1 amide bonds. The molecule has 0 unspecified atom stereocenters. The molecule has 1 aromatic carbocycles. The lowest BCUT2D eigenvalue weighted by atomic mass is 10.1. The summed E-state index contributed by atoms with van der Waals surface area (Å²) in [5, 5.41) is 0. The van der Waals surface area contributed by atoms with Crippen molar-refractivity contribution in [3.63, 3.8) is 0 Å². The van der Waals surface area contributed by atoms with E-state index >= 15 is 0 Å². The number of rotatable bonds is 2. The van der Waals surface area contributed by atoms with E-state index in [4.69, 9.17) is 5.73 Å². The summed E-state index contributed by atoms with van der Waals surface area (Å²) in [6, 6.07) is 10.8. The van der Waals surface area contributed by atoms with Crippen LogP contribution in [0.4, 0.5) is 11.5 Å². The minimum atomic E-state index is -0.100. The van der Waals surface area contributed by atoms with Crippen molar-refractivity contribution >= 4 is 17.4 Å². The van der Waals surface area contributed by atoms with Gasteiger partial charge in [0.25, 0.3) is 5.91 Å². The topological polar surface area (TPSA) is 59.2 Å². The van der Waals surface area contributed by atoms with E-state index in [0.717, 1.165) is 5.56 Å². The van der Waals surface area contributed by atoms with Gasteiger partial charge in [-0.15, -0.1) is 0 Å². The van der Waals surface area contributed by atoms with Crippen LogP contribution in [0.25, 0.3) is 0 Å². The van der Waals surface area contributed by atoms with E-state index in [1.54, 1.807) is 31.4 Å². The lowest BCUT2D eigenvalue weighted by Crippen LogP contribution is -2.27. The molecular formula is C14H15N3O. The highest BCUT2D eigenvalue weighted by atomic mass is 16.2. The van der Waals surface area contributed by atoms with Crippen molar-refractivity contribution < 1.29 is 4.79 Å². The van der Waals surface area contributed by atoms with Gasteiger partial charge in [0.05, 0.1) is 0 Å². The molecule has 0 saturated carbocycles. The number of amides is 1. The molecule has 2 rings (SSSR count). The second-order valence-electron chi connectivity index (χ2n) is 4.18. The van der Waals surface area contributed by atoms with Crippen LogP contribution in [-0.4, -0.2) is 17.9 Å². The van der Waals surface area contributed by atoms with Crippen LogP contribution in [0.5, 0.6) is 0 Å². The molecule has 0 spiro atoms. The van der Waals surface area contributed by atoms with Crippen molar-refractivity contribution in [3.05, 3.63) is 53.7 Å². The number of nitrogens with two attached hydrogens (primary N) is 1. The highest BCUT2D eigenvalue weighted by Crippen LogP contribution is 2.15. The van der Waals surface area contributed by atoms with Crippen LogP contribution >= 0.6 is 0 Å². The zero-order valence-electron chi connectivity index (χ0n) is 10.4. The minimum Gasteiger partial charge on any atom is -0.399 e. The number of hydrogen-bond acceptors (Lipinski definition) is 3. The molecule has 18 heavy (non-hydrogen) atoms. The number of aromatic nitrogens is 1. The van der Waals surface area contributed by atoms with Crippen LogP contribution in [0, 0.1) is 6.92 Å². The summed E-state index contributed by atoms with van der Waals surface area (Å²) in [4.78, 5) is 17.9. The van der Waals surface area contributed by atoms with Gasteiger partial charge in [0, 0.05) is 30.6 Å². The summed E-state index contributed by atoms with van der Waals surface area (Å²) in [5.41, 5.74) is 7.96. The maximum absolute atomic E-state index is 12.3. The largest absolute Gasteiger partial charge is 0.399 e. The van der Waals surface area contributed by atoms with Crippen molar-refractivity contribution in [3.8, 4) is 0 Å². The predicted octanol–water partition coefficient (Wildman–Crippen LogP) is 2.25. The normalized spacial score (nSPS) is 10.1. The van der Waals surface area contributed by atoms with E-state index in [2.05, 4.69) is 4.98 Å². The number of anilines is 2. The van der Waals surface area contributed by atoms with E-state index in [9.17, 15) is 4.79 Å². The molecule has 0 aliphatic heterocycles. The molecule has 0 bridgehead atoms. The van der Waals surface area contributed by atoms with Gasteiger partial charge >= 0.3 is 0 Å². The van der Waals surface area contributed by atoms with E-state index in [1.807, 2.05) is 25.1 Å². The van der Waals surface area contributed by atoms with Crippen molar-refractivity contribution in [2.45, 2.75) is 6.92 Å². The second-order valence-corrected chi connectivity index (χ2v) is 4.18. The first kappa shape index (κ1) is 12.1. The van der Waals surface area contributed by atoms with Gasteiger partial charge in [-0.25, -0.2) is 4.98 Å². The molecule has 0 saturated heterocycles. The molecule has 2 N–H and O–H groups in total. The first-order chi connectivity index (χ1) is 8.58. The number of hydrogen-bond donors (Lipinski definition) is 1. The average molecular weight is 241 g/mol. The van der Waals surface area contributed by atoms with Crippen molar-refractivity contribution in [2.75, 3.05) is 17.7 Å². The Labute approximate surface area is 106 Å². The van der Waals surface area contributed by atoms with Crippen LogP contribution < -0.4 is 10.6 Å². The summed E-state index contributed by atoms with van der Waals surface area (Å²) in [6.07, 6.45) is 1.59. The third kappa shape index (κ3) is 2.48. The summed E-state index contributed by atoms with van der Waals surface area (Å²) in [5.74, 6) is 0.443. The summed E-state index contributed by atoms with van der Waals surface area (Å²) in [6.45, 7) is 1.95. The van der Waals surface area contributed by atoms with Gasteiger partial charge in [-0.2, -0.15) is 0 Å². The monoisotopic (exact) mass is 241 g/mol. The zero-order chi connectivity index (χ0) is 13.1. The third-order valence-electron chi connectivity index (χ3n) is 2.68. The maximum Gasteiger partial charge on any atom is 0.259 e. The molecule has 1 aromatic heterocycles. The smallest absolute Gasteiger partial charge is 0.259 e. The van der Waals surface area contributed by atoms with E-state index in [0.29, 0.717) is 17.1 Å². The molecule has 4 heteroatoms. The highest BCUT2D eigenvalue weighted by Gasteiger charge is 2.14. The van der Waals surface area contributed by atoms with Gasteiger partial charge in [-0.3, -0.25) is 9.69 Å². The number of pyridine rings is 1. The van der Waals surface area contributed by atoms with Gasteiger partial charge in [0.1, 0.15) is 5.82 Å². The van der Waals surface area contributed by atoms with Crippen LogP contribution in [0.3, 0.4) is 0 Å². The molecule has 0 aliphatic carbocycles. The Bertz CT molecular complexity index is 581. The Hall–Kier alpha value is -2.36. The molecular weight excluding hydrogens is 226 g/mol. The lowest BCUT2D eigenvalue weighted by Gasteiger charge is -2.16. The molecule has 0 aliphatic rings. The zero-order valence-corrected chi connectivity index (χ0v) is 10.4. The van der Waals surface area contributed by atoms with Gasteiger partial charge < -0.3 is 5.73 Å². The standard InChI is InChI=1S/C14H15N3O/c1-10-4-3-5-11(8-10)14(18)17(2)13-9-12(15)6-7-16-13/h3-9H,1-2H3,(H2,15,16). The minimum absolute atomic E-state index is 0.100. The maximum atomic E-state index is 12.3. The number of aryl methyl sites for hydroxylation is 1. The average Bonchev–Trinajstić information content (AvgIpc) is 2.37. The van der Waals surface area contributed by atoms with Crippen LogP contribution in [0.1, 0.15) is 15.9 Å². The Kier molecular flexibility index (Phi) is 3.28. The Morgan fingerprint density at radius 3 is 2.72 bits per heavy atom. The highest BCUT2D eigenvalue weighted by molar-refractivity contribution is 6.05. The fourth-order valence-electron chi connectivity index (χ4n) is 1.69. The van der Waals surface area contributed by atoms with Crippen LogP contribution in [-0.2, 0) is 0 Å². The van der Waals surface area contributed by atoms with E-state index < -0.39 is 0 Å². The van der Waals surface area contributed by atoms with E-state index in [1.165, 1.54) is 4.90 Å². The fraction of sp³-hybridized carbons (Fsp3) is 0.143. The van der Waals surface area contributed by atoms with Crippen LogP contribution in [0.2, 0.25) is 0 Å². The number of nitrogens with zero attached hydrogens (tertiary/aromatic N) is 2. The Morgan fingerprint density at radius 1 is 1.28 bits per heavy atom. The number of carbonyl (C=O) groups is 1. The molecule has 0 radical (unpaired) electrons. The molecule has 92 valence electrons. The molecule has 0 atom stereocenters. The third-order valence-corrected chi connectivity index (χ3v) is 2.68. The quantitative estimate of drug-likeness (QED) is 0.877. The number of carbonyl (C=O) groups excluding carboxylic acids is 1. The van der Waals surface area contributed by atoms with Crippen molar-refractivity contribution in [1.82, 2.24) is 4.98 Å². The molecule has 2 aromatic rings. The molecule has 0 fully saturated rings. The molecule has 4 nitrogen and oxygen atoms in total. The number of benzene rings is 1. The van der Waals surface area contributed by atoms with Gasteiger partial charge in [0.2, 0.25) is 0 Å². The second kappa shape index (κ2) is 4.87. The number of nitrogen functional groups attached to an aromatic ring is 1. The predicted molar refractivity (Wildman–Crippen MR) is 72.6 cm³/mol. The Morgan fingerprint density at radius 2 is 2.06 bits per heavy atom. The summed E-state index contributed by atoms with van der Waals surface area (Å²) < 4.78 is 0. The lowest BCUT2D eigenvalue weighted by molar-refractivity contribution is 0.0992. The first-order valence-corrected chi connectivity index (χ1v) is 5.64. The van der Waals surface area contributed by atoms with Crippen molar-refractivity contribution in [1.29, 1.82) is 0 Å². The van der Waals surface area contributed by atoms with Crippen molar-refractivity contribution in [2.24, 2.45) is 0 Å². The Balaban J connectivity index is 2.29. The van der Waals surface area contributed by atoms with Gasteiger partial charge in [0.15, 0.2) is 0 Å². The van der Waals surface area contributed by atoms with Crippen LogP contribution in [0.15, 0.2) is 42.6 Å².